The Balaban J connectivity index is 0.000000109. The molecule has 0 aromatic carbocycles. The molecule has 2 aliphatic heterocycles. The summed E-state index contributed by atoms with van der Waals surface area (Å²) in [5.74, 6) is 3.55. The molecule has 125 heavy (non-hydrogen) atoms. The Bertz CT molecular complexity index is 4850. The number of fused-ring (bicyclic) bond motifs is 16. The normalized spacial score (nSPS) is 50.4. The fourth-order valence-electron chi connectivity index (χ4n) is 35.2. The maximum atomic E-state index is 12.5. The van der Waals surface area contributed by atoms with Crippen LogP contribution in [-0.2, 0) is 38.1 Å². The van der Waals surface area contributed by atoms with Gasteiger partial charge in [0.1, 0.15) is 41.7 Å². The van der Waals surface area contributed by atoms with Gasteiger partial charge >= 0.3 is 40.4 Å². The monoisotopic (exact) mass is 1730 g/mol. The fourth-order valence-corrected chi connectivity index (χ4v) is 35.2. The molecule has 18 fully saturated rings. The standard InChI is InChI=1S/C26H34O7.C26H34O6.C26H36O6.C24H34O4/c1-14(27)32-21-20(15-4-5-19(29)31-13-15)24(3)10-7-17-18(26(24)22(21)33-26)8-11-25(30)12-16(28)6-9-23(17,25)2;1-14(27)31-22-21(15-4-7-20(29)30-13-15)25(3)11-9-18-19(26(25)23(22)32-26)6-5-16-12-17(28)8-10-24(16,18)2;1-15(27)32-21-13-26(30)20-6-5-17-12-18(28)8-10-24(17,2)19(20)9-11-25(26,3)23(21)16-4-7-22(29)31-14-16;1-22-10-7-17(25)13-16(22)4-5-20-19(22)8-11-23(2)18(9-12-24(20,23)27)15-3-6-21(26)28-14-15/h4-5,13,16-18,20-22,28,30H,6-12H2,1-3H3;4,7,13,16-19,21-23,28H,5-6,8-12H2,1-3H3;4,7,14,17-21,23,28,30H,5-6,8-13H2,1-3H3;3,6,14,16-20,25,27H,4-5,7-13H2,1-2H3. The summed E-state index contributed by atoms with van der Waals surface area (Å²) in [5, 5.41) is 77.4. The van der Waals surface area contributed by atoms with E-state index in [1.807, 2.05) is 12.1 Å². The van der Waals surface area contributed by atoms with Crippen LogP contribution in [0.3, 0.4) is 0 Å². The van der Waals surface area contributed by atoms with Crippen molar-refractivity contribution < 1.29 is 91.5 Å². The van der Waals surface area contributed by atoms with Crippen LogP contribution in [0.25, 0.3) is 0 Å². The molecule has 0 bridgehead atoms. The van der Waals surface area contributed by atoms with Crippen LogP contribution in [0.2, 0.25) is 0 Å². The Morgan fingerprint density at radius 3 is 1.13 bits per heavy atom. The molecule has 16 saturated carbocycles. The minimum Gasteiger partial charge on any atom is -0.462 e. The number of carbonyl (C=O) groups is 3. The van der Waals surface area contributed by atoms with Crippen molar-refractivity contribution in [1.82, 2.24) is 0 Å². The zero-order valence-corrected chi connectivity index (χ0v) is 75.4. The van der Waals surface area contributed by atoms with Crippen molar-refractivity contribution in [3.63, 3.8) is 0 Å². The van der Waals surface area contributed by atoms with E-state index in [0.717, 1.165) is 196 Å². The summed E-state index contributed by atoms with van der Waals surface area (Å²) in [5.41, 5.74) is -1.71. The number of epoxide rings is 2. The molecule has 37 atom stereocenters. The molecule has 23 heteroatoms. The number of carbonyl (C=O) groups excluding carboxylic acids is 3. The van der Waals surface area contributed by atoms with Gasteiger partial charge in [-0.05, 0) is 325 Å². The number of hydrogen-bond donors (Lipinski definition) is 7. The second-order valence-corrected chi connectivity index (χ2v) is 45.8. The van der Waals surface area contributed by atoms with Gasteiger partial charge in [-0.1, -0.05) is 55.4 Å². The van der Waals surface area contributed by atoms with Crippen molar-refractivity contribution in [2.75, 3.05) is 0 Å². The molecule has 23 nitrogen and oxygen atoms in total. The lowest BCUT2D eigenvalue weighted by Crippen LogP contribution is -2.65. The minimum atomic E-state index is -0.957. The first kappa shape index (κ1) is 88.1. The molecule has 0 radical (unpaired) electrons. The molecule has 16 aliphatic carbocycles. The molecular formula is C102H138O23. The quantitative estimate of drug-likeness (QED) is 0.0513. The lowest BCUT2D eigenvalue weighted by molar-refractivity contribution is -0.224. The van der Waals surface area contributed by atoms with Crippen LogP contribution >= 0.6 is 0 Å². The molecule has 684 valence electrons. The predicted molar refractivity (Wildman–Crippen MR) is 458 cm³/mol. The molecule has 37 unspecified atom stereocenters. The summed E-state index contributed by atoms with van der Waals surface area (Å²) in [6.45, 7) is 22.8. The van der Waals surface area contributed by atoms with E-state index < -0.39 is 57.4 Å². The maximum absolute atomic E-state index is 12.5. The topological polar surface area (TPSA) is 366 Å². The molecule has 2 saturated heterocycles. The van der Waals surface area contributed by atoms with Gasteiger partial charge in [0.2, 0.25) is 0 Å². The second kappa shape index (κ2) is 30.7. The van der Waals surface area contributed by atoms with Crippen molar-refractivity contribution in [1.29, 1.82) is 0 Å². The minimum absolute atomic E-state index is 0.0471. The first-order valence-electron chi connectivity index (χ1n) is 48.2. The third-order valence-corrected chi connectivity index (χ3v) is 41.2. The Morgan fingerprint density at radius 1 is 0.336 bits per heavy atom. The van der Waals surface area contributed by atoms with Crippen LogP contribution in [0.1, 0.15) is 321 Å². The van der Waals surface area contributed by atoms with Crippen molar-refractivity contribution in [3.8, 4) is 0 Å². The largest absolute Gasteiger partial charge is 0.462 e. The number of aliphatic hydroxyl groups excluding tert-OH is 4. The SMILES string of the molecule is CC(=O)OC1C(c2ccc(=O)oc2)C2(C)CCC3C(CCC4(O)CC(O)CCC34C)C23OC13.CC(=O)OC1C(c2ccc(=O)oc2)C2(C)CCC3C(CCC4CC(O)CCC43C)C23OC13.CC(=O)OC1CC2(O)C3CCC4CC(O)CCC4(C)C3CCC2(C)C1c1ccc(=O)oc1.CC12CCC(O)CC1CCC1C2CCC2(C)C(c3ccc(=O)oc3)CCC12O. The molecule has 4 aromatic heterocycles. The smallest absolute Gasteiger partial charge is 0.335 e. The molecule has 6 heterocycles. The molecule has 18 aliphatic rings. The molecule has 4 aromatic rings. The Morgan fingerprint density at radius 2 is 0.696 bits per heavy atom. The molecule has 0 amide bonds. The molecule has 22 rings (SSSR count). The summed E-state index contributed by atoms with van der Waals surface area (Å²) >= 11 is 0. The fraction of sp³-hybridized carbons (Fsp3) is 0.775. The average Bonchev–Trinajstić information content (AvgIpc) is 1.47. The van der Waals surface area contributed by atoms with E-state index in [-0.39, 0.29) is 151 Å². The zero-order valence-electron chi connectivity index (χ0n) is 75.4. The lowest BCUT2D eigenvalue weighted by Gasteiger charge is -2.63. The Hall–Kier alpha value is -6.15. The third-order valence-electron chi connectivity index (χ3n) is 41.2. The van der Waals surface area contributed by atoms with E-state index in [4.69, 9.17) is 41.4 Å². The van der Waals surface area contributed by atoms with E-state index in [2.05, 4.69) is 55.4 Å². The number of esters is 3. The highest BCUT2D eigenvalue weighted by molar-refractivity contribution is 5.68. The number of aliphatic hydroxyl groups is 7. The third kappa shape index (κ3) is 13.1. The summed E-state index contributed by atoms with van der Waals surface area (Å²) in [6, 6.07) is 13.1. The van der Waals surface area contributed by atoms with Crippen molar-refractivity contribution in [2.45, 2.75) is 382 Å². The van der Waals surface area contributed by atoms with Gasteiger partial charge in [-0.2, -0.15) is 0 Å². The van der Waals surface area contributed by atoms with E-state index in [1.54, 1.807) is 24.7 Å². The van der Waals surface area contributed by atoms with Crippen LogP contribution in [0, 0.1) is 108 Å². The highest BCUT2D eigenvalue weighted by Crippen LogP contribution is 2.82. The van der Waals surface area contributed by atoms with Gasteiger partial charge in [0.05, 0.1) is 66.3 Å². The Labute approximate surface area is 733 Å². The first-order valence-corrected chi connectivity index (χ1v) is 48.2. The highest BCUT2D eigenvalue weighted by Gasteiger charge is 2.87. The van der Waals surface area contributed by atoms with Crippen LogP contribution in [0.4, 0.5) is 0 Å². The van der Waals surface area contributed by atoms with Crippen molar-refractivity contribution in [2.24, 2.45) is 108 Å². The molecule has 7 N–H and O–H groups in total. The van der Waals surface area contributed by atoms with Gasteiger partial charge in [-0.15, -0.1) is 0 Å². The van der Waals surface area contributed by atoms with Crippen molar-refractivity contribution >= 4 is 17.9 Å². The lowest BCUT2D eigenvalue weighted by atomic mass is 9.42. The maximum Gasteiger partial charge on any atom is 0.335 e. The van der Waals surface area contributed by atoms with E-state index >= 15 is 0 Å². The highest BCUT2D eigenvalue weighted by atomic mass is 16.7. The Kier molecular flexibility index (Phi) is 21.7. The van der Waals surface area contributed by atoms with Gasteiger partial charge in [0.15, 0.2) is 0 Å². The summed E-state index contributed by atoms with van der Waals surface area (Å²) < 4.78 is 51.7. The summed E-state index contributed by atoms with van der Waals surface area (Å²) in [4.78, 5) is 82.4. The van der Waals surface area contributed by atoms with Crippen LogP contribution in [0.5, 0.6) is 0 Å². The molecule has 2 spiro atoms. The number of rotatable bonds is 7. The van der Waals surface area contributed by atoms with Crippen LogP contribution in [-0.4, -0.2) is 137 Å². The van der Waals surface area contributed by atoms with E-state index in [0.29, 0.717) is 66.6 Å². The van der Waals surface area contributed by atoms with Gasteiger partial charge in [-0.25, -0.2) is 19.2 Å². The van der Waals surface area contributed by atoms with Gasteiger partial charge in [0.25, 0.3) is 0 Å². The summed E-state index contributed by atoms with van der Waals surface area (Å²) in [7, 11) is 0. The first-order chi connectivity index (χ1) is 59.1. The van der Waals surface area contributed by atoms with Gasteiger partial charge in [-0.3, -0.25) is 14.4 Å². The number of ether oxygens (including phenoxy) is 5. The van der Waals surface area contributed by atoms with E-state index in [1.165, 1.54) is 64.0 Å². The predicted octanol–water partition coefficient (Wildman–Crippen LogP) is 14.7. The van der Waals surface area contributed by atoms with Gasteiger partial charge in [0, 0.05) is 97.3 Å². The second-order valence-electron chi connectivity index (χ2n) is 45.8. The zero-order chi connectivity index (χ0) is 88.5. The van der Waals surface area contributed by atoms with Crippen LogP contribution in [0.15, 0.2) is 110 Å². The molecular weight excluding hydrogens is 1590 g/mol. The van der Waals surface area contributed by atoms with Crippen molar-refractivity contribution in [3.05, 3.63) is 138 Å². The average molecular weight is 1730 g/mol. The van der Waals surface area contributed by atoms with E-state index in [9.17, 15) is 69.3 Å². The summed E-state index contributed by atoms with van der Waals surface area (Å²) in [6.07, 6.45) is 32.4. The number of hydrogen-bond acceptors (Lipinski definition) is 23. The van der Waals surface area contributed by atoms with Crippen LogP contribution < -0.4 is 22.5 Å². The van der Waals surface area contributed by atoms with Gasteiger partial charge < -0.3 is 77.1 Å².